The summed E-state index contributed by atoms with van der Waals surface area (Å²) in [5.41, 5.74) is 1.50. The van der Waals surface area contributed by atoms with Gasteiger partial charge in [-0.25, -0.2) is 0 Å². The topological polar surface area (TPSA) is 89.9 Å². The van der Waals surface area contributed by atoms with Gasteiger partial charge in [0, 0.05) is 19.2 Å². The maximum Gasteiger partial charge on any atom is 0.258 e. The van der Waals surface area contributed by atoms with Crippen LogP contribution in [0.25, 0.3) is 0 Å². The van der Waals surface area contributed by atoms with E-state index in [9.17, 15) is 19.8 Å². The van der Waals surface area contributed by atoms with E-state index in [1.54, 1.807) is 18.2 Å². The predicted molar refractivity (Wildman–Crippen MR) is 97.0 cm³/mol. The molecule has 0 spiro atoms. The first-order valence-corrected chi connectivity index (χ1v) is 8.30. The Morgan fingerprint density at radius 3 is 2.73 bits per heavy atom. The Morgan fingerprint density at radius 1 is 1.27 bits per heavy atom. The zero-order valence-electron chi connectivity index (χ0n) is 13.8. The van der Waals surface area contributed by atoms with Gasteiger partial charge in [0.2, 0.25) is 5.91 Å². The van der Waals surface area contributed by atoms with Gasteiger partial charge in [0.05, 0.1) is 10.6 Å². The van der Waals surface area contributed by atoms with Crippen molar-refractivity contribution in [3.8, 4) is 11.5 Å². The smallest absolute Gasteiger partial charge is 0.258 e. The predicted octanol–water partition coefficient (Wildman–Crippen LogP) is 2.75. The number of carbonyl (C=O) groups excluding carboxylic acids is 2. The first-order chi connectivity index (χ1) is 12.4. The van der Waals surface area contributed by atoms with Crippen molar-refractivity contribution in [1.82, 2.24) is 10.2 Å². The highest BCUT2D eigenvalue weighted by molar-refractivity contribution is 6.32. The summed E-state index contributed by atoms with van der Waals surface area (Å²) < 4.78 is 0. The summed E-state index contributed by atoms with van der Waals surface area (Å²) in [6.07, 6.45) is 1.55. The van der Waals surface area contributed by atoms with Gasteiger partial charge < -0.3 is 20.4 Å². The number of phenols is 2. The summed E-state index contributed by atoms with van der Waals surface area (Å²) in [4.78, 5) is 27.0. The molecule has 1 aliphatic heterocycles. The third-order valence-corrected chi connectivity index (χ3v) is 4.53. The number of nitrogens with zero attached hydrogens (tertiary/aromatic N) is 1. The molecular formula is C19H17ClN2O4. The number of fused-ring (bicyclic) bond motifs is 1. The molecule has 2 aromatic rings. The summed E-state index contributed by atoms with van der Waals surface area (Å²) >= 11 is 5.87. The lowest BCUT2D eigenvalue weighted by atomic mass is 10.0. The SMILES string of the molecule is C=CCNC(=O)[C@H]1c2ccccc2CN1C(=O)c1cc(Cl)c(O)cc1O. The molecule has 0 bridgehead atoms. The minimum absolute atomic E-state index is 0.0597. The van der Waals surface area contributed by atoms with Crippen molar-refractivity contribution in [3.05, 3.63) is 70.8 Å². The van der Waals surface area contributed by atoms with E-state index < -0.39 is 17.7 Å². The lowest BCUT2D eigenvalue weighted by Crippen LogP contribution is -2.40. The van der Waals surface area contributed by atoms with Crippen LogP contribution in [0.2, 0.25) is 5.02 Å². The second-order valence-electron chi connectivity index (χ2n) is 5.89. The Labute approximate surface area is 155 Å². The van der Waals surface area contributed by atoms with Crippen molar-refractivity contribution < 1.29 is 19.8 Å². The van der Waals surface area contributed by atoms with Crippen LogP contribution in [0, 0.1) is 0 Å². The van der Waals surface area contributed by atoms with E-state index in [4.69, 9.17) is 11.6 Å². The molecule has 0 radical (unpaired) electrons. The van der Waals surface area contributed by atoms with E-state index in [2.05, 4.69) is 11.9 Å². The first-order valence-electron chi connectivity index (χ1n) is 7.93. The van der Waals surface area contributed by atoms with Gasteiger partial charge in [-0.05, 0) is 17.2 Å². The third kappa shape index (κ3) is 3.11. The maximum atomic E-state index is 13.0. The van der Waals surface area contributed by atoms with Crippen LogP contribution < -0.4 is 5.32 Å². The molecule has 1 heterocycles. The number of phenolic OH excluding ortho intramolecular Hbond substituents is 2. The Balaban J connectivity index is 2.00. The number of hydrogen-bond acceptors (Lipinski definition) is 4. The van der Waals surface area contributed by atoms with Crippen LogP contribution in [-0.4, -0.2) is 33.5 Å². The molecule has 0 aromatic heterocycles. The summed E-state index contributed by atoms with van der Waals surface area (Å²) in [6.45, 7) is 4.06. The largest absolute Gasteiger partial charge is 0.507 e. The Kier molecular flexibility index (Phi) is 4.86. The standard InChI is InChI=1S/C19H17ClN2O4/c1-2-7-21-18(25)17-12-6-4-3-5-11(12)10-22(17)19(26)13-8-14(20)16(24)9-15(13)23/h2-6,8-9,17,23-24H,1,7,10H2,(H,21,25)/t17-/m1/s1. The minimum atomic E-state index is -0.828. The minimum Gasteiger partial charge on any atom is -0.507 e. The van der Waals surface area contributed by atoms with Gasteiger partial charge in [-0.3, -0.25) is 9.59 Å². The van der Waals surface area contributed by atoms with Gasteiger partial charge >= 0.3 is 0 Å². The maximum absolute atomic E-state index is 13.0. The van der Waals surface area contributed by atoms with E-state index in [1.807, 2.05) is 12.1 Å². The number of carbonyl (C=O) groups is 2. The van der Waals surface area contributed by atoms with Gasteiger partial charge in [-0.15, -0.1) is 6.58 Å². The molecule has 3 N–H and O–H groups in total. The van der Waals surface area contributed by atoms with Crippen LogP contribution in [-0.2, 0) is 11.3 Å². The van der Waals surface area contributed by atoms with E-state index in [1.165, 1.54) is 11.0 Å². The highest BCUT2D eigenvalue weighted by Gasteiger charge is 2.39. The first kappa shape index (κ1) is 17.8. The quantitative estimate of drug-likeness (QED) is 0.720. The molecule has 134 valence electrons. The van der Waals surface area contributed by atoms with Crippen molar-refractivity contribution in [2.45, 2.75) is 12.6 Å². The van der Waals surface area contributed by atoms with Crippen LogP contribution in [0.3, 0.4) is 0 Å². The van der Waals surface area contributed by atoms with E-state index in [0.29, 0.717) is 0 Å². The fourth-order valence-corrected chi connectivity index (χ4v) is 3.17. The van der Waals surface area contributed by atoms with Crippen LogP contribution in [0.5, 0.6) is 11.5 Å². The van der Waals surface area contributed by atoms with Gasteiger partial charge in [0.1, 0.15) is 17.5 Å². The van der Waals surface area contributed by atoms with Crippen LogP contribution in [0.15, 0.2) is 49.1 Å². The number of aromatic hydroxyl groups is 2. The monoisotopic (exact) mass is 372 g/mol. The highest BCUT2D eigenvalue weighted by Crippen LogP contribution is 2.38. The van der Waals surface area contributed by atoms with Crippen LogP contribution >= 0.6 is 11.6 Å². The Morgan fingerprint density at radius 2 is 2.00 bits per heavy atom. The average molecular weight is 373 g/mol. The number of benzene rings is 2. The molecule has 6 nitrogen and oxygen atoms in total. The number of halogens is 1. The molecule has 1 atom stereocenters. The molecule has 0 unspecified atom stereocenters. The number of hydrogen-bond donors (Lipinski definition) is 3. The van der Waals surface area contributed by atoms with Crippen LogP contribution in [0.1, 0.15) is 27.5 Å². The van der Waals surface area contributed by atoms with Crippen molar-refractivity contribution in [2.24, 2.45) is 0 Å². The Hall–Kier alpha value is -2.99. The molecule has 3 rings (SSSR count). The summed E-state index contributed by atoms with van der Waals surface area (Å²) in [5.74, 6) is -1.63. The molecule has 0 saturated carbocycles. The molecule has 7 heteroatoms. The number of rotatable bonds is 4. The van der Waals surface area contributed by atoms with Gasteiger partial charge in [-0.2, -0.15) is 0 Å². The highest BCUT2D eigenvalue weighted by atomic mass is 35.5. The summed E-state index contributed by atoms with van der Waals surface area (Å²) in [5, 5.41) is 22.3. The van der Waals surface area contributed by atoms with E-state index >= 15 is 0 Å². The lowest BCUT2D eigenvalue weighted by molar-refractivity contribution is -0.125. The molecule has 0 aliphatic carbocycles. The lowest BCUT2D eigenvalue weighted by Gasteiger charge is -2.25. The number of amides is 2. The molecule has 0 fully saturated rings. The van der Waals surface area contributed by atoms with Crippen molar-refractivity contribution in [1.29, 1.82) is 0 Å². The Bertz CT molecular complexity index is 897. The zero-order chi connectivity index (χ0) is 18.8. The fraction of sp³-hybridized carbons (Fsp3) is 0.158. The van der Waals surface area contributed by atoms with E-state index in [-0.39, 0.29) is 35.3 Å². The molecule has 1 aliphatic rings. The van der Waals surface area contributed by atoms with Gasteiger partial charge in [-0.1, -0.05) is 41.9 Å². The van der Waals surface area contributed by atoms with Crippen molar-refractivity contribution in [2.75, 3.05) is 6.54 Å². The molecule has 2 aromatic carbocycles. The molecular weight excluding hydrogens is 356 g/mol. The third-order valence-electron chi connectivity index (χ3n) is 4.23. The number of nitrogens with one attached hydrogen (secondary N) is 1. The van der Waals surface area contributed by atoms with Crippen LogP contribution in [0.4, 0.5) is 0 Å². The second kappa shape index (κ2) is 7.09. The molecule has 2 amide bonds. The second-order valence-corrected chi connectivity index (χ2v) is 6.30. The molecule has 0 saturated heterocycles. The van der Waals surface area contributed by atoms with Crippen molar-refractivity contribution in [3.63, 3.8) is 0 Å². The molecule has 26 heavy (non-hydrogen) atoms. The fourth-order valence-electron chi connectivity index (χ4n) is 3.01. The van der Waals surface area contributed by atoms with Crippen molar-refractivity contribution >= 4 is 23.4 Å². The summed E-state index contributed by atoms with van der Waals surface area (Å²) in [7, 11) is 0. The van der Waals surface area contributed by atoms with Gasteiger partial charge in [0.25, 0.3) is 5.91 Å². The normalized spacial score (nSPS) is 15.4. The van der Waals surface area contributed by atoms with Gasteiger partial charge in [0.15, 0.2) is 0 Å². The average Bonchev–Trinajstić information content (AvgIpc) is 3.01. The zero-order valence-corrected chi connectivity index (χ0v) is 14.5. The van der Waals surface area contributed by atoms with E-state index in [0.717, 1.165) is 17.2 Å². The summed E-state index contributed by atoms with van der Waals surface area (Å²) in [6, 6.07) is 8.65.